The number of ether oxygens (including phenoxy) is 1. The van der Waals surface area contributed by atoms with Crippen molar-refractivity contribution in [1.29, 1.82) is 0 Å². The van der Waals surface area contributed by atoms with E-state index >= 15 is 0 Å². The van der Waals surface area contributed by atoms with Crippen LogP contribution in [0, 0.1) is 0 Å². The first-order valence-corrected chi connectivity index (χ1v) is 5.22. The molecule has 6 nitrogen and oxygen atoms in total. The van der Waals surface area contributed by atoms with Crippen molar-refractivity contribution in [3.8, 4) is 17.1 Å². The van der Waals surface area contributed by atoms with Gasteiger partial charge in [-0.1, -0.05) is 0 Å². The Bertz CT molecular complexity index is 537. The number of nitrogens with two attached hydrogens (primary N) is 1. The van der Waals surface area contributed by atoms with E-state index in [0.29, 0.717) is 11.4 Å². The van der Waals surface area contributed by atoms with Crippen LogP contribution in [0.5, 0.6) is 5.75 Å². The molecule has 0 atom stereocenters. The normalized spacial score (nSPS) is 9.89. The number of carbonyl (C=O) groups is 1. The number of hydrazine groups is 1. The first-order valence-electron chi connectivity index (χ1n) is 5.22. The minimum Gasteiger partial charge on any atom is -0.497 e. The maximum atomic E-state index is 11.2. The molecule has 3 N–H and O–H groups in total. The van der Waals surface area contributed by atoms with E-state index in [2.05, 4.69) is 9.97 Å². The van der Waals surface area contributed by atoms with Gasteiger partial charge in [0.15, 0.2) is 5.82 Å². The predicted molar refractivity (Wildman–Crippen MR) is 65.7 cm³/mol. The molecule has 1 amide bonds. The zero-order valence-corrected chi connectivity index (χ0v) is 9.75. The summed E-state index contributed by atoms with van der Waals surface area (Å²) in [6.07, 6.45) is 2.85. The van der Waals surface area contributed by atoms with Crippen molar-refractivity contribution in [2.75, 3.05) is 7.11 Å². The molecule has 0 saturated heterocycles. The van der Waals surface area contributed by atoms with Crippen LogP contribution < -0.4 is 16.0 Å². The Kier molecular flexibility index (Phi) is 3.49. The van der Waals surface area contributed by atoms with Crippen molar-refractivity contribution in [2.24, 2.45) is 5.84 Å². The Morgan fingerprint density at radius 3 is 2.33 bits per heavy atom. The number of methoxy groups -OCH3 is 1. The standard InChI is InChI=1S/C12H12N4O2/c1-18-10-4-2-8(3-5-10)11-14-6-9(7-15-11)12(17)16-13/h2-7H,13H2,1H3,(H,16,17). The number of hydrogen-bond acceptors (Lipinski definition) is 5. The fourth-order valence-electron chi connectivity index (χ4n) is 1.42. The molecule has 2 rings (SSSR count). The second-order valence-electron chi connectivity index (χ2n) is 3.50. The maximum Gasteiger partial charge on any atom is 0.268 e. The molecular weight excluding hydrogens is 232 g/mol. The Labute approximate surface area is 104 Å². The molecule has 6 heteroatoms. The third-order valence-corrected chi connectivity index (χ3v) is 2.39. The molecule has 0 aliphatic carbocycles. The zero-order chi connectivity index (χ0) is 13.0. The quantitative estimate of drug-likeness (QED) is 0.472. The summed E-state index contributed by atoms with van der Waals surface area (Å²) in [4.78, 5) is 19.4. The van der Waals surface area contributed by atoms with E-state index < -0.39 is 5.91 Å². The van der Waals surface area contributed by atoms with E-state index in [9.17, 15) is 4.79 Å². The lowest BCUT2D eigenvalue weighted by atomic mass is 10.2. The fourth-order valence-corrected chi connectivity index (χ4v) is 1.42. The Hall–Kier alpha value is -2.47. The number of nitrogens with zero attached hydrogens (tertiary/aromatic N) is 2. The van der Waals surface area contributed by atoms with Gasteiger partial charge in [0.1, 0.15) is 5.75 Å². The molecule has 92 valence electrons. The Morgan fingerprint density at radius 2 is 1.83 bits per heavy atom. The lowest BCUT2D eigenvalue weighted by molar-refractivity contribution is 0.0953. The van der Waals surface area contributed by atoms with Gasteiger partial charge in [0, 0.05) is 18.0 Å². The van der Waals surface area contributed by atoms with Gasteiger partial charge in [-0.3, -0.25) is 10.2 Å². The minimum absolute atomic E-state index is 0.315. The summed E-state index contributed by atoms with van der Waals surface area (Å²) >= 11 is 0. The van der Waals surface area contributed by atoms with E-state index in [1.54, 1.807) is 7.11 Å². The Balaban J connectivity index is 2.25. The highest BCUT2D eigenvalue weighted by atomic mass is 16.5. The number of carbonyl (C=O) groups excluding carboxylic acids is 1. The van der Waals surface area contributed by atoms with Crippen LogP contribution >= 0.6 is 0 Å². The van der Waals surface area contributed by atoms with Gasteiger partial charge in [0.25, 0.3) is 5.91 Å². The van der Waals surface area contributed by atoms with E-state index in [1.165, 1.54) is 12.4 Å². The van der Waals surface area contributed by atoms with Crippen LogP contribution in [0.2, 0.25) is 0 Å². The minimum atomic E-state index is -0.420. The molecule has 0 radical (unpaired) electrons. The van der Waals surface area contributed by atoms with Crippen LogP contribution in [0.15, 0.2) is 36.7 Å². The van der Waals surface area contributed by atoms with E-state index in [0.717, 1.165) is 11.3 Å². The Morgan fingerprint density at radius 1 is 1.22 bits per heavy atom. The molecule has 0 aliphatic heterocycles. The molecule has 0 unspecified atom stereocenters. The largest absolute Gasteiger partial charge is 0.497 e. The molecule has 0 fully saturated rings. The summed E-state index contributed by atoms with van der Waals surface area (Å²) in [5, 5.41) is 0. The van der Waals surface area contributed by atoms with Crippen LogP contribution in [0.3, 0.4) is 0 Å². The number of hydrogen-bond donors (Lipinski definition) is 2. The second-order valence-corrected chi connectivity index (χ2v) is 3.50. The average molecular weight is 244 g/mol. The van der Waals surface area contributed by atoms with Gasteiger partial charge in [0.2, 0.25) is 0 Å². The number of nitrogens with one attached hydrogen (secondary N) is 1. The predicted octanol–water partition coefficient (Wildman–Crippen LogP) is 0.756. The zero-order valence-electron chi connectivity index (χ0n) is 9.75. The average Bonchev–Trinajstić information content (AvgIpc) is 2.47. The molecule has 18 heavy (non-hydrogen) atoms. The van der Waals surface area contributed by atoms with Gasteiger partial charge >= 0.3 is 0 Å². The molecule has 2 aromatic rings. The highest BCUT2D eigenvalue weighted by molar-refractivity contribution is 5.93. The van der Waals surface area contributed by atoms with Crippen molar-refractivity contribution in [3.05, 3.63) is 42.2 Å². The van der Waals surface area contributed by atoms with E-state index in [4.69, 9.17) is 10.6 Å². The van der Waals surface area contributed by atoms with Crippen LogP contribution in [0.25, 0.3) is 11.4 Å². The number of aromatic nitrogens is 2. The van der Waals surface area contributed by atoms with E-state index in [1.807, 2.05) is 29.7 Å². The van der Waals surface area contributed by atoms with Gasteiger partial charge in [0.05, 0.1) is 12.7 Å². The summed E-state index contributed by atoms with van der Waals surface area (Å²) in [7, 11) is 1.60. The second kappa shape index (κ2) is 5.24. The highest BCUT2D eigenvalue weighted by Gasteiger charge is 2.06. The van der Waals surface area contributed by atoms with Crippen LogP contribution in [-0.4, -0.2) is 23.0 Å². The summed E-state index contributed by atoms with van der Waals surface area (Å²) < 4.78 is 5.06. The molecule has 1 aromatic heterocycles. The van der Waals surface area contributed by atoms with Gasteiger partial charge in [-0.2, -0.15) is 0 Å². The number of benzene rings is 1. The third kappa shape index (κ3) is 2.44. The molecule has 1 heterocycles. The number of rotatable bonds is 3. The summed E-state index contributed by atoms with van der Waals surface area (Å²) in [6.45, 7) is 0. The topological polar surface area (TPSA) is 90.1 Å². The SMILES string of the molecule is COc1ccc(-c2ncc(C(=O)NN)cn2)cc1. The molecule has 0 bridgehead atoms. The summed E-state index contributed by atoms with van der Waals surface area (Å²) in [6, 6.07) is 7.33. The highest BCUT2D eigenvalue weighted by Crippen LogP contribution is 2.18. The van der Waals surface area contributed by atoms with Crippen molar-refractivity contribution >= 4 is 5.91 Å². The molecule has 0 aliphatic rings. The number of amides is 1. The lowest BCUT2D eigenvalue weighted by Gasteiger charge is -2.03. The molecule has 1 aromatic carbocycles. The van der Waals surface area contributed by atoms with Crippen molar-refractivity contribution in [1.82, 2.24) is 15.4 Å². The van der Waals surface area contributed by atoms with Crippen LogP contribution in [0.1, 0.15) is 10.4 Å². The lowest BCUT2D eigenvalue weighted by Crippen LogP contribution is -2.30. The van der Waals surface area contributed by atoms with Crippen molar-refractivity contribution in [2.45, 2.75) is 0 Å². The van der Waals surface area contributed by atoms with E-state index in [-0.39, 0.29) is 0 Å². The number of nitrogen functional groups attached to an aromatic ring is 1. The van der Waals surface area contributed by atoms with Crippen molar-refractivity contribution in [3.63, 3.8) is 0 Å². The summed E-state index contributed by atoms with van der Waals surface area (Å²) in [5.41, 5.74) is 3.18. The monoisotopic (exact) mass is 244 g/mol. The third-order valence-electron chi connectivity index (χ3n) is 2.39. The molecular formula is C12H12N4O2. The summed E-state index contributed by atoms with van der Waals surface area (Å²) in [5.74, 6) is 5.89. The first kappa shape index (κ1) is 12.0. The van der Waals surface area contributed by atoms with Crippen LogP contribution in [-0.2, 0) is 0 Å². The maximum absolute atomic E-state index is 11.2. The first-order chi connectivity index (χ1) is 8.74. The van der Waals surface area contributed by atoms with Crippen molar-refractivity contribution < 1.29 is 9.53 Å². The van der Waals surface area contributed by atoms with Crippen LogP contribution in [0.4, 0.5) is 0 Å². The smallest absolute Gasteiger partial charge is 0.268 e. The van der Waals surface area contributed by atoms with Gasteiger partial charge in [-0.05, 0) is 24.3 Å². The molecule has 0 saturated carbocycles. The van der Waals surface area contributed by atoms with Gasteiger partial charge in [-0.25, -0.2) is 15.8 Å². The van der Waals surface area contributed by atoms with Gasteiger partial charge in [-0.15, -0.1) is 0 Å². The molecule has 0 spiro atoms. The fraction of sp³-hybridized carbons (Fsp3) is 0.0833. The van der Waals surface area contributed by atoms with Gasteiger partial charge < -0.3 is 4.74 Å².